The summed E-state index contributed by atoms with van der Waals surface area (Å²) in [6, 6.07) is 13.6. The summed E-state index contributed by atoms with van der Waals surface area (Å²) in [6.45, 7) is 1.66. The molecule has 0 unspecified atom stereocenters. The average molecular weight is 297 g/mol. The fourth-order valence-electron chi connectivity index (χ4n) is 2.25. The summed E-state index contributed by atoms with van der Waals surface area (Å²) in [7, 11) is 0. The van der Waals surface area contributed by atoms with E-state index in [-0.39, 0.29) is 0 Å². The Morgan fingerprint density at radius 2 is 1.82 bits per heavy atom. The molecule has 3 aromatic rings. The SMILES string of the molecule is NCc1cnc2c(OCCCOc3ccccc3)cccn12. The third-order valence-corrected chi connectivity index (χ3v) is 3.34. The number of fused-ring (bicyclic) bond motifs is 1. The first-order valence-corrected chi connectivity index (χ1v) is 7.34. The maximum Gasteiger partial charge on any atom is 0.179 e. The lowest BCUT2D eigenvalue weighted by molar-refractivity contribution is 0.248. The zero-order chi connectivity index (χ0) is 15.2. The summed E-state index contributed by atoms with van der Waals surface area (Å²) < 4.78 is 13.4. The molecule has 0 aliphatic rings. The van der Waals surface area contributed by atoms with Gasteiger partial charge in [0.05, 0.1) is 25.1 Å². The van der Waals surface area contributed by atoms with Gasteiger partial charge in [-0.3, -0.25) is 4.40 Å². The van der Waals surface area contributed by atoms with Gasteiger partial charge in [-0.2, -0.15) is 0 Å². The van der Waals surface area contributed by atoms with E-state index in [1.165, 1.54) is 0 Å². The van der Waals surface area contributed by atoms with Crippen LogP contribution in [0.1, 0.15) is 12.1 Å². The first-order chi connectivity index (χ1) is 10.9. The Hall–Kier alpha value is -2.53. The minimum absolute atomic E-state index is 0.454. The second-order valence-corrected chi connectivity index (χ2v) is 4.88. The van der Waals surface area contributed by atoms with Crippen molar-refractivity contribution in [3.05, 3.63) is 60.6 Å². The molecule has 0 bridgehead atoms. The van der Waals surface area contributed by atoms with Crippen LogP contribution in [0.4, 0.5) is 0 Å². The first kappa shape index (κ1) is 14.4. The summed E-state index contributed by atoms with van der Waals surface area (Å²) in [5, 5.41) is 0. The van der Waals surface area contributed by atoms with Crippen molar-refractivity contribution >= 4 is 5.65 Å². The minimum atomic E-state index is 0.454. The van der Waals surface area contributed by atoms with Gasteiger partial charge in [0.25, 0.3) is 0 Å². The van der Waals surface area contributed by atoms with E-state index >= 15 is 0 Å². The lowest BCUT2D eigenvalue weighted by Crippen LogP contribution is -2.06. The highest BCUT2D eigenvalue weighted by Crippen LogP contribution is 2.19. The van der Waals surface area contributed by atoms with Crippen molar-refractivity contribution in [1.82, 2.24) is 9.38 Å². The third-order valence-electron chi connectivity index (χ3n) is 3.34. The topological polar surface area (TPSA) is 61.8 Å². The van der Waals surface area contributed by atoms with Crippen LogP contribution in [0.15, 0.2) is 54.9 Å². The van der Waals surface area contributed by atoms with Gasteiger partial charge in [-0.25, -0.2) is 4.98 Å². The van der Waals surface area contributed by atoms with Crippen molar-refractivity contribution in [3.8, 4) is 11.5 Å². The largest absolute Gasteiger partial charge is 0.493 e. The van der Waals surface area contributed by atoms with Crippen LogP contribution >= 0.6 is 0 Å². The molecule has 0 fully saturated rings. The zero-order valence-electron chi connectivity index (χ0n) is 12.3. The van der Waals surface area contributed by atoms with Crippen LogP contribution in [0, 0.1) is 0 Å². The molecular formula is C17H19N3O2. The third kappa shape index (κ3) is 3.20. The van der Waals surface area contributed by atoms with Gasteiger partial charge in [0.1, 0.15) is 5.75 Å². The van der Waals surface area contributed by atoms with Crippen molar-refractivity contribution in [3.63, 3.8) is 0 Å². The van der Waals surface area contributed by atoms with Gasteiger partial charge in [-0.05, 0) is 24.3 Å². The van der Waals surface area contributed by atoms with E-state index in [1.807, 2.05) is 53.1 Å². The Labute approximate surface area is 129 Å². The second-order valence-electron chi connectivity index (χ2n) is 4.88. The molecule has 0 amide bonds. The summed E-state index contributed by atoms with van der Waals surface area (Å²) in [6.07, 6.45) is 4.52. The van der Waals surface area contributed by atoms with Crippen molar-refractivity contribution in [1.29, 1.82) is 0 Å². The molecular weight excluding hydrogens is 278 g/mol. The van der Waals surface area contributed by atoms with E-state index < -0.39 is 0 Å². The molecule has 2 N–H and O–H groups in total. The maximum atomic E-state index is 5.81. The molecule has 0 saturated carbocycles. The predicted octanol–water partition coefficient (Wildman–Crippen LogP) is 2.64. The Morgan fingerprint density at radius 3 is 2.64 bits per heavy atom. The summed E-state index contributed by atoms with van der Waals surface area (Å²) >= 11 is 0. The van der Waals surface area contributed by atoms with Crippen LogP contribution in [-0.4, -0.2) is 22.6 Å². The summed E-state index contributed by atoms with van der Waals surface area (Å²) in [5.41, 5.74) is 7.45. The van der Waals surface area contributed by atoms with Gasteiger partial charge in [-0.15, -0.1) is 0 Å². The van der Waals surface area contributed by atoms with Gasteiger partial charge < -0.3 is 15.2 Å². The van der Waals surface area contributed by atoms with E-state index in [0.29, 0.717) is 19.8 Å². The Balaban J connectivity index is 1.53. The van der Waals surface area contributed by atoms with E-state index in [9.17, 15) is 0 Å². The highest BCUT2D eigenvalue weighted by Gasteiger charge is 2.07. The Kier molecular flexibility index (Phi) is 4.56. The van der Waals surface area contributed by atoms with Gasteiger partial charge >= 0.3 is 0 Å². The molecule has 0 saturated heterocycles. The molecule has 1 aromatic carbocycles. The number of imidazole rings is 1. The Morgan fingerprint density at radius 1 is 1.00 bits per heavy atom. The van der Waals surface area contributed by atoms with Gasteiger partial charge in [0.15, 0.2) is 11.4 Å². The molecule has 114 valence electrons. The molecule has 0 radical (unpaired) electrons. The monoisotopic (exact) mass is 297 g/mol. The molecule has 5 heteroatoms. The molecule has 0 atom stereocenters. The Bertz CT molecular complexity index is 725. The smallest absolute Gasteiger partial charge is 0.179 e. The molecule has 2 aromatic heterocycles. The first-order valence-electron chi connectivity index (χ1n) is 7.34. The van der Waals surface area contributed by atoms with Crippen LogP contribution in [0.25, 0.3) is 5.65 Å². The fraction of sp³-hybridized carbons (Fsp3) is 0.235. The number of nitrogens with two attached hydrogens (primary N) is 1. The van der Waals surface area contributed by atoms with Gasteiger partial charge in [-0.1, -0.05) is 18.2 Å². The lowest BCUT2D eigenvalue weighted by atomic mass is 10.3. The highest BCUT2D eigenvalue weighted by molar-refractivity contribution is 5.54. The number of rotatable bonds is 7. The zero-order valence-corrected chi connectivity index (χ0v) is 12.3. The van der Waals surface area contributed by atoms with E-state index in [4.69, 9.17) is 15.2 Å². The second kappa shape index (κ2) is 6.95. The number of ether oxygens (including phenoxy) is 2. The fourth-order valence-corrected chi connectivity index (χ4v) is 2.25. The van der Waals surface area contributed by atoms with Crippen molar-refractivity contribution in [2.45, 2.75) is 13.0 Å². The van der Waals surface area contributed by atoms with Crippen LogP contribution in [-0.2, 0) is 6.54 Å². The minimum Gasteiger partial charge on any atom is -0.493 e. The molecule has 0 spiro atoms. The van der Waals surface area contributed by atoms with Crippen LogP contribution < -0.4 is 15.2 Å². The summed E-state index contributed by atoms with van der Waals surface area (Å²) in [5.74, 6) is 1.65. The maximum absolute atomic E-state index is 5.81. The van der Waals surface area contributed by atoms with Gasteiger partial charge in [0.2, 0.25) is 0 Å². The van der Waals surface area contributed by atoms with Crippen molar-refractivity contribution in [2.75, 3.05) is 13.2 Å². The lowest BCUT2D eigenvalue weighted by Gasteiger charge is -2.09. The number of para-hydroxylation sites is 1. The van der Waals surface area contributed by atoms with E-state index in [0.717, 1.165) is 29.3 Å². The number of aromatic nitrogens is 2. The normalized spacial score (nSPS) is 10.8. The van der Waals surface area contributed by atoms with Crippen molar-refractivity contribution < 1.29 is 9.47 Å². The molecule has 0 aliphatic carbocycles. The van der Waals surface area contributed by atoms with E-state index in [2.05, 4.69) is 4.98 Å². The highest BCUT2D eigenvalue weighted by atomic mass is 16.5. The predicted molar refractivity (Wildman–Crippen MR) is 85.1 cm³/mol. The van der Waals surface area contributed by atoms with Crippen molar-refractivity contribution in [2.24, 2.45) is 5.73 Å². The van der Waals surface area contributed by atoms with E-state index in [1.54, 1.807) is 6.20 Å². The molecule has 5 nitrogen and oxygen atoms in total. The average Bonchev–Trinajstić information content (AvgIpc) is 2.99. The van der Waals surface area contributed by atoms with Crippen LogP contribution in [0.5, 0.6) is 11.5 Å². The van der Waals surface area contributed by atoms with Crippen LogP contribution in [0.2, 0.25) is 0 Å². The summed E-state index contributed by atoms with van der Waals surface area (Å²) in [4.78, 5) is 4.36. The molecule has 0 aliphatic heterocycles. The number of benzene rings is 1. The quantitative estimate of drug-likeness (QED) is 0.681. The molecule has 3 rings (SSSR count). The molecule has 22 heavy (non-hydrogen) atoms. The number of nitrogens with zero attached hydrogens (tertiary/aromatic N) is 2. The number of hydrogen-bond donors (Lipinski definition) is 1. The number of hydrogen-bond acceptors (Lipinski definition) is 4. The molecule has 2 heterocycles. The van der Waals surface area contributed by atoms with Crippen LogP contribution in [0.3, 0.4) is 0 Å². The van der Waals surface area contributed by atoms with Gasteiger partial charge in [0, 0.05) is 19.2 Å². The standard InChI is InChI=1S/C17H19N3O2/c18-12-14-13-19-17-16(8-4-9-20(14)17)22-11-5-10-21-15-6-2-1-3-7-15/h1-4,6-9,13H,5,10-12,18H2. The number of pyridine rings is 1.